The molecule has 0 heterocycles. The van der Waals surface area contributed by atoms with E-state index in [9.17, 15) is 0 Å². The molecule has 0 unspecified atom stereocenters. The maximum atomic E-state index is 5.92. The second-order valence-corrected chi connectivity index (χ2v) is 8.48. The van der Waals surface area contributed by atoms with E-state index >= 15 is 0 Å². The van der Waals surface area contributed by atoms with Crippen LogP contribution in [-0.4, -0.2) is 0 Å². The molecule has 0 spiro atoms. The summed E-state index contributed by atoms with van der Waals surface area (Å²) in [7, 11) is 0. The number of benzene rings is 2. The molecule has 0 aliphatic carbocycles. The molecule has 0 aliphatic rings. The molecule has 100 valence electrons. The lowest BCUT2D eigenvalue weighted by Gasteiger charge is -2.12. The van der Waals surface area contributed by atoms with Crippen molar-refractivity contribution in [1.82, 2.24) is 0 Å². The molecule has 2 aromatic rings. The zero-order chi connectivity index (χ0) is 14.2. The highest BCUT2D eigenvalue weighted by molar-refractivity contribution is 9.15. The fourth-order valence-electron chi connectivity index (χ4n) is 1.30. The van der Waals surface area contributed by atoms with Crippen LogP contribution >= 0.6 is 95.6 Å². The first-order chi connectivity index (χ1) is 8.90. The standard InChI is InChI=1S/C12H4Br6O/c13-5-1-2-8(6(14)3-5)19-9-4-7(15)10(16)12(18)11(9)17/h1-4H. The maximum absolute atomic E-state index is 5.92. The SMILES string of the molecule is Brc1ccc(Oc2cc(Br)c(Br)c(Br)c2Br)c(Br)c1. The van der Waals surface area contributed by atoms with E-state index in [4.69, 9.17) is 4.74 Å². The lowest BCUT2D eigenvalue weighted by Crippen LogP contribution is -1.89. The molecule has 0 amide bonds. The maximum Gasteiger partial charge on any atom is 0.144 e. The molecule has 0 radical (unpaired) electrons. The van der Waals surface area contributed by atoms with Crippen LogP contribution in [0.5, 0.6) is 11.5 Å². The van der Waals surface area contributed by atoms with Gasteiger partial charge in [0, 0.05) is 13.4 Å². The van der Waals surface area contributed by atoms with Gasteiger partial charge in [-0.1, -0.05) is 15.9 Å². The van der Waals surface area contributed by atoms with Crippen molar-refractivity contribution in [3.05, 3.63) is 51.1 Å². The van der Waals surface area contributed by atoms with Gasteiger partial charge in [0.2, 0.25) is 0 Å². The number of rotatable bonds is 2. The Balaban J connectivity index is 2.44. The highest BCUT2D eigenvalue weighted by atomic mass is 79.9. The van der Waals surface area contributed by atoms with Crippen molar-refractivity contribution < 1.29 is 4.74 Å². The van der Waals surface area contributed by atoms with Gasteiger partial charge in [-0.25, -0.2) is 0 Å². The van der Waals surface area contributed by atoms with Gasteiger partial charge >= 0.3 is 0 Å². The van der Waals surface area contributed by atoms with E-state index in [1.165, 1.54) is 0 Å². The zero-order valence-electron chi connectivity index (χ0n) is 8.99. The third kappa shape index (κ3) is 3.86. The van der Waals surface area contributed by atoms with Crippen LogP contribution in [0.2, 0.25) is 0 Å². The van der Waals surface area contributed by atoms with Gasteiger partial charge in [-0.2, -0.15) is 0 Å². The summed E-state index contributed by atoms with van der Waals surface area (Å²) in [5.74, 6) is 1.45. The molecule has 1 nitrogen and oxygen atoms in total. The highest BCUT2D eigenvalue weighted by Crippen LogP contribution is 2.44. The van der Waals surface area contributed by atoms with E-state index in [2.05, 4.69) is 95.6 Å². The molecule has 0 fully saturated rings. The van der Waals surface area contributed by atoms with Crippen LogP contribution < -0.4 is 4.74 Å². The van der Waals surface area contributed by atoms with E-state index in [1.54, 1.807) is 0 Å². The third-order valence-electron chi connectivity index (χ3n) is 2.18. The Morgan fingerprint density at radius 3 is 1.95 bits per heavy atom. The summed E-state index contributed by atoms with van der Waals surface area (Å²) >= 11 is 20.9. The number of halogens is 6. The van der Waals surface area contributed by atoms with Crippen molar-refractivity contribution in [2.45, 2.75) is 0 Å². The fraction of sp³-hybridized carbons (Fsp3) is 0. The van der Waals surface area contributed by atoms with Crippen molar-refractivity contribution in [2.24, 2.45) is 0 Å². The second kappa shape index (κ2) is 6.92. The average Bonchev–Trinajstić information content (AvgIpc) is 2.36. The van der Waals surface area contributed by atoms with Crippen LogP contribution in [0.15, 0.2) is 51.1 Å². The van der Waals surface area contributed by atoms with Crippen LogP contribution in [0.3, 0.4) is 0 Å². The summed E-state index contributed by atoms with van der Waals surface area (Å²) in [6, 6.07) is 7.65. The Bertz CT molecular complexity index is 641. The number of hydrogen-bond acceptors (Lipinski definition) is 1. The molecule has 19 heavy (non-hydrogen) atoms. The van der Waals surface area contributed by atoms with Gasteiger partial charge in [-0.15, -0.1) is 0 Å². The van der Waals surface area contributed by atoms with Gasteiger partial charge in [-0.05, 0) is 104 Å². The lowest BCUT2D eigenvalue weighted by atomic mass is 10.3. The first-order valence-corrected chi connectivity index (χ1v) is 9.62. The topological polar surface area (TPSA) is 9.23 Å². The van der Waals surface area contributed by atoms with Gasteiger partial charge in [-0.3, -0.25) is 0 Å². The van der Waals surface area contributed by atoms with E-state index in [0.717, 1.165) is 32.6 Å². The van der Waals surface area contributed by atoms with Crippen molar-refractivity contribution >= 4 is 95.6 Å². The predicted octanol–water partition coefficient (Wildman–Crippen LogP) is 8.05. The number of ether oxygens (including phenoxy) is 1. The molecule has 0 bridgehead atoms. The number of hydrogen-bond donors (Lipinski definition) is 0. The Morgan fingerprint density at radius 1 is 0.632 bits per heavy atom. The molecule has 0 atom stereocenters. The molecule has 0 N–H and O–H groups in total. The monoisotopic (exact) mass is 638 g/mol. The summed E-state index contributed by atoms with van der Waals surface area (Å²) in [5.41, 5.74) is 0. The molecule has 0 aliphatic heterocycles. The molecule has 0 saturated heterocycles. The van der Waals surface area contributed by atoms with E-state index < -0.39 is 0 Å². The van der Waals surface area contributed by atoms with Gasteiger partial charge in [0.1, 0.15) is 11.5 Å². The Morgan fingerprint density at radius 2 is 1.32 bits per heavy atom. The summed E-state index contributed by atoms with van der Waals surface area (Å²) in [5, 5.41) is 0. The fourth-order valence-corrected chi connectivity index (χ4v) is 4.48. The molecule has 2 aromatic carbocycles. The van der Waals surface area contributed by atoms with E-state index in [-0.39, 0.29) is 0 Å². The van der Waals surface area contributed by atoms with Crippen molar-refractivity contribution in [1.29, 1.82) is 0 Å². The molecule has 2 rings (SSSR count). The molecule has 0 aromatic heterocycles. The minimum atomic E-state index is 0.713. The van der Waals surface area contributed by atoms with Crippen molar-refractivity contribution in [3.63, 3.8) is 0 Å². The summed E-state index contributed by atoms with van der Waals surface area (Å²) in [6.45, 7) is 0. The quantitative estimate of drug-likeness (QED) is 0.238. The largest absolute Gasteiger partial charge is 0.455 e. The summed E-state index contributed by atoms with van der Waals surface area (Å²) < 4.78 is 11.4. The van der Waals surface area contributed by atoms with Crippen LogP contribution in [0.1, 0.15) is 0 Å². The first kappa shape index (κ1) is 16.5. The average molecular weight is 644 g/mol. The van der Waals surface area contributed by atoms with Gasteiger partial charge in [0.15, 0.2) is 0 Å². The van der Waals surface area contributed by atoms with Crippen molar-refractivity contribution in [3.8, 4) is 11.5 Å². The summed E-state index contributed by atoms with van der Waals surface area (Å²) in [4.78, 5) is 0. The molecular weight excluding hydrogens is 640 g/mol. The minimum Gasteiger partial charge on any atom is -0.455 e. The predicted molar refractivity (Wildman–Crippen MR) is 99.2 cm³/mol. The van der Waals surface area contributed by atoms with E-state index in [0.29, 0.717) is 5.75 Å². The Labute approximate surface area is 161 Å². The molecular formula is C12H4Br6O. The van der Waals surface area contributed by atoms with Gasteiger partial charge < -0.3 is 4.74 Å². The summed E-state index contributed by atoms with van der Waals surface area (Å²) in [6.07, 6.45) is 0. The minimum absolute atomic E-state index is 0.713. The van der Waals surface area contributed by atoms with Crippen LogP contribution in [0.4, 0.5) is 0 Å². The Hall–Kier alpha value is 1.12. The normalized spacial score (nSPS) is 10.6. The van der Waals surface area contributed by atoms with Crippen LogP contribution in [0, 0.1) is 0 Å². The first-order valence-electron chi connectivity index (χ1n) is 4.86. The van der Waals surface area contributed by atoms with Gasteiger partial charge in [0.25, 0.3) is 0 Å². The Kier molecular flexibility index (Phi) is 6.01. The zero-order valence-corrected chi connectivity index (χ0v) is 18.5. The third-order valence-corrected chi connectivity index (χ3v) is 7.92. The second-order valence-electron chi connectivity index (χ2n) is 3.48. The smallest absolute Gasteiger partial charge is 0.144 e. The van der Waals surface area contributed by atoms with E-state index in [1.807, 2.05) is 24.3 Å². The van der Waals surface area contributed by atoms with Gasteiger partial charge in [0.05, 0.1) is 13.4 Å². The molecule has 0 saturated carbocycles. The van der Waals surface area contributed by atoms with Crippen molar-refractivity contribution in [2.75, 3.05) is 0 Å². The lowest BCUT2D eigenvalue weighted by molar-refractivity contribution is 0.475. The van der Waals surface area contributed by atoms with Crippen LogP contribution in [-0.2, 0) is 0 Å². The molecule has 7 heteroatoms. The van der Waals surface area contributed by atoms with Crippen LogP contribution in [0.25, 0.3) is 0 Å². The highest BCUT2D eigenvalue weighted by Gasteiger charge is 2.14.